The zero-order valence-corrected chi connectivity index (χ0v) is 11.9. The molecule has 0 fully saturated rings. The summed E-state index contributed by atoms with van der Waals surface area (Å²) in [5, 5.41) is 9.08. The van der Waals surface area contributed by atoms with Crippen molar-refractivity contribution in [3.05, 3.63) is 23.9 Å². The third kappa shape index (κ3) is 3.19. The van der Waals surface area contributed by atoms with Gasteiger partial charge in [0.2, 0.25) is 0 Å². The minimum Gasteiger partial charge on any atom is -0.324 e. The van der Waals surface area contributed by atoms with Crippen LogP contribution in [0.2, 0.25) is 0 Å². The van der Waals surface area contributed by atoms with Crippen molar-refractivity contribution in [2.24, 2.45) is 5.73 Å². The molecule has 90 valence electrons. The van der Waals surface area contributed by atoms with Crippen molar-refractivity contribution < 1.29 is 0 Å². The first-order valence-corrected chi connectivity index (χ1v) is 7.82. The normalized spacial score (nSPS) is 12.6. The smallest absolute Gasteiger partial charge is 0.181 e. The Morgan fingerprint density at radius 3 is 2.76 bits per heavy atom. The Labute approximate surface area is 112 Å². The molecule has 0 aliphatic carbocycles. The molecule has 2 rings (SSSR count). The Hall–Kier alpha value is -0.630. The van der Waals surface area contributed by atoms with Gasteiger partial charge in [0.25, 0.3) is 0 Å². The molecule has 0 radical (unpaired) electrons. The zero-order valence-electron chi connectivity index (χ0n) is 9.45. The maximum Gasteiger partial charge on any atom is 0.181 e. The summed E-state index contributed by atoms with van der Waals surface area (Å²) >= 11 is 4.69. The number of nitrogens with two attached hydrogens (primary N) is 1. The lowest BCUT2D eigenvalue weighted by atomic mass is 10.2. The van der Waals surface area contributed by atoms with Crippen LogP contribution in [0.15, 0.2) is 32.0 Å². The van der Waals surface area contributed by atoms with Crippen molar-refractivity contribution in [2.45, 2.75) is 26.7 Å². The van der Waals surface area contributed by atoms with Gasteiger partial charge in [-0.2, -0.15) is 0 Å². The highest BCUT2D eigenvalue weighted by Crippen LogP contribution is 2.34. The fourth-order valence-electron chi connectivity index (χ4n) is 1.24. The SMILES string of the molecule is CSc1nnc(Sc2ncccc2C(C)N)s1. The molecule has 2 aromatic rings. The highest BCUT2D eigenvalue weighted by Gasteiger charge is 2.12. The predicted molar refractivity (Wildman–Crippen MR) is 72.7 cm³/mol. The first-order chi connectivity index (χ1) is 8.20. The molecule has 1 atom stereocenters. The molecule has 0 aliphatic heterocycles. The van der Waals surface area contributed by atoms with E-state index in [1.165, 1.54) is 11.8 Å². The van der Waals surface area contributed by atoms with Crippen LogP contribution < -0.4 is 5.73 Å². The van der Waals surface area contributed by atoms with Crippen LogP contribution in [0.3, 0.4) is 0 Å². The van der Waals surface area contributed by atoms with Gasteiger partial charge in [-0.15, -0.1) is 10.2 Å². The summed E-state index contributed by atoms with van der Waals surface area (Å²) < 4.78 is 1.86. The number of thioether (sulfide) groups is 1. The van der Waals surface area contributed by atoms with E-state index in [4.69, 9.17) is 5.73 Å². The molecule has 0 spiro atoms. The number of nitrogens with zero attached hydrogens (tertiary/aromatic N) is 3. The highest BCUT2D eigenvalue weighted by molar-refractivity contribution is 8.03. The summed E-state index contributed by atoms with van der Waals surface area (Å²) in [5.74, 6) is 0. The zero-order chi connectivity index (χ0) is 12.3. The van der Waals surface area contributed by atoms with E-state index in [-0.39, 0.29) is 6.04 Å². The largest absolute Gasteiger partial charge is 0.324 e. The Morgan fingerprint density at radius 2 is 2.12 bits per heavy atom. The second-order valence-electron chi connectivity index (χ2n) is 3.33. The fraction of sp³-hybridized carbons (Fsp3) is 0.300. The average Bonchev–Trinajstić information content (AvgIpc) is 2.77. The van der Waals surface area contributed by atoms with Crippen LogP contribution >= 0.6 is 34.9 Å². The van der Waals surface area contributed by atoms with Crippen LogP contribution in [0.5, 0.6) is 0 Å². The van der Waals surface area contributed by atoms with Gasteiger partial charge < -0.3 is 5.73 Å². The quantitative estimate of drug-likeness (QED) is 0.871. The summed E-state index contributed by atoms with van der Waals surface area (Å²) in [6.07, 6.45) is 3.76. The van der Waals surface area contributed by atoms with Crippen LogP contribution in [0.25, 0.3) is 0 Å². The van der Waals surface area contributed by atoms with E-state index in [2.05, 4.69) is 15.2 Å². The predicted octanol–water partition coefficient (Wildman–Crippen LogP) is 2.83. The molecule has 0 amide bonds. The maximum atomic E-state index is 5.91. The second-order valence-corrected chi connectivity index (χ2v) is 6.59. The Morgan fingerprint density at radius 1 is 1.35 bits per heavy atom. The van der Waals surface area contributed by atoms with Crippen molar-refractivity contribution in [2.75, 3.05) is 6.26 Å². The third-order valence-corrected chi connectivity index (χ3v) is 5.02. The third-order valence-electron chi connectivity index (χ3n) is 2.04. The number of hydrogen-bond acceptors (Lipinski definition) is 7. The summed E-state index contributed by atoms with van der Waals surface area (Å²) in [5.41, 5.74) is 6.95. The van der Waals surface area contributed by atoms with Gasteiger partial charge in [-0.1, -0.05) is 29.2 Å². The molecule has 4 nitrogen and oxygen atoms in total. The molecule has 1 unspecified atom stereocenters. The van der Waals surface area contributed by atoms with Crippen molar-refractivity contribution in [3.8, 4) is 0 Å². The van der Waals surface area contributed by atoms with E-state index in [0.29, 0.717) is 0 Å². The summed E-state index contributed by atoms with van der Waals surface area (Å²) in [4.78, 5) is 4.35. The Bertz CT molecular complexity index is 498. The van der Waals surface area contributed by atoms with E-state index in [9.17, 15) is 0 Å². The molecule has 0 bridgehead atoms. The summed E-state index contributed by atoms with van der Waals surface area (Å²) in [6.45, 7) is 1.95. The van der Waals surface area contributed by atoms with Gasteiger partial charge in [-0.05, 0) is 31.0 Å². The van der Waals surface area contributed by atoms with Crippen LogP contribution in [-0.4, -0.2) is 21.4 Å². The van der Waals surface area contributed by atoms with Crippen molar-refractivity contribution >= 4 is 34.9 Å². The van der Waals surface area contributed by atoms with Crippen LogP contribution in [0.4, 0.5) is 0 Å². The molecule has 2 heterocycles. The molecule has 17 heavy (non-hydrogen) atoms. The molecular formula is C10H12N4S3. The first-order valence-electron chi connectivity index (χ1n) is 4.96. The van der Waals surface area contributed by atoms with Gasteiger partial charge in [0.05, 0.1) is 0 Å². The number of hydrogen-bond donors (Lipinski definition) is 1. The van der Waals surface area contributed by atoms with E-state index in [1.54, 1.807) is 29.3 Å². The van der Waals surface area contributed by atoms with Gasteiger partial charge in [-0.25, -0.2) is 4.98 Å². The number of aromatic nitrogens is 3. The van der Waals surface area contributed by atoms with Crippen molar-refractivity contribution in [3.63, 3.8) is 0 Å². The topological polar surface area (TPSA) is 64.7 Å². The van der Waals surface area contributed by atoms with Gasteiger partial charge in [-0.3, -0.25) is 0 Å². The van der Waals surface area contributed by atoms with E-state index in [0.717, 1.165) is 19.3 Å². The minimum atomic E-state index is -0.0286. The van der Waals surface area contributed by atoms with Gasteiger partial charge in [0, 0.05) is 17.8 Å². The van der Waals surface area contributed by atoms with E-state index >= 15 is 0 Å². The second kappa shape index (κ2) is 5.81. The Kier molecular flexibility index (Phi) is 4.38. The lowest BCUT2D eigenvalue weighted by Crippen LogP contribution is -2.06. The molecule has 2 N–H and O–H groups in total. The first kappa shape index (κ1) is 12.8. The van der Waals surface area contributed by atoms with E-state index < -0.39 is 0 Å². The molecule has 7 heteroatoms. The lowest BCUT2D eigenvalue weighted by molar-refractivity contribution is 0.779. The van der Waals surface area contributed by atoms with Crippen LogP contribution in [-0.2, 0) is 0 Å². The lowest BCUT2D eigenvalue weighted by Gasteiger charge is -2.08. The molecule has 0 aliphatic rings. The highest BCUT2D eigenvalue weighted by atomic mass is 32.2. The minimum absolute atomic E-state index is 0.0286. The molecule has 0 aromatic carbocycles. The standard InChI is InChI=1S/C10H12N4S3/c1-6(11)7-4-3-5-12-8(7)16-10-14-13-9(15-2)17-10/h3-6H,11H2,1-2H3. The van der Waals surface area contributed by atoms with E-state index in [1.807, 2.05) is 25.3 Å². The van der Waals surface area contributed by atoms with Crippen LogP contribution in [0, 0.1) is 0 Å². The number of pyridine rings is 1. The molecular weight excluding hydrogens is 272 g/mol. The van der Waals surface area contributed by atoms with Gasteiger partial charge in [0.15, 0.2) is 8.68 Å². The van der Waals surface area contributed by atoms with Gasteiger partial charge in [0.1, 0.15) is 5.03 Å². The Balaban J connectivity index is 2.23. The maximum absolute atomic E-state index is 5.91. The van der Waals surface area contributed by atoms with Gasteiger partial charge >= 0.3 is 0 Å². The molecule has 2 aromatic heterocycles. The fourth-order valence-corrected chi connectivity index (χ4v) is 3.77. The molecule has 0 saturated heterocycles. The monoisotopic (exact) mass is 284 g/mol. The number of rotatable bonds is 4. The molecule has 0 saturated carbocycles. The van der Waals surface area contributed by atoms with Crippen molar-refractivity contribution in [1.82, 2.24) is 15.2 Å². The van der Waals surface area contributed by atoms with Crippen LogP contribution in [0.1, 0.15) is 18.5 Å². The van der Waals surface area contributed by atoms with Crippen molar-refractivity contribution in [1.29, 1.82) is 0 Å². The summed E-state index contributed by atoms with van der Waals surface area (Å²) in [7, 11) is 0. The average molecular weight is 284 g/mol. The summed E-state index contributed by atoms with van der Waals surface area (Å²) in [6, 6.07) is 3.87.